The van der Waals surface area contributed by atoms with Crippen molar-refractivity contribution in [3.8, 4) is 0 Å². The molecular formula is C9H15NOS. The molecule has 12 heavy (non-hydrogen) atoms. The van der Waals surface area contributed by atoms with Crippen LogP contribution in [0.25, 0.3) is 0 Å². The quantitative estimate of drug-likeness (QED) is 0.619. The van der Waals surface area contributed by atoms with Gasteiger partial charge in [0.1, 0.15) is 5.78 Å². The first-order valence-electron chi connectivity index (χ1n) is 4.61. The van der Waals surface area contributed by atoms with E-state index in [4.69, 9.17) is 5.73 Å². The summed E-state index contributed by atoms with van der Waals surface area (Å²) in [5.41, 5.74) is 5.83. The first kappa shape index (κ1) is 8.57. The molecule has 0 aromatic rings. The van der Waals surface area contributed by atoms with Crippen LogP contribution in [-0.4, -0.2) is 22.3 Å². The Morgan fingerprint density at radius 2 is 2.08 bits per heavy atom. The predicted molar refractivity (Wildman–Crippen MR) is 51.3 cm³/mol. The van der Waals surface area contributed by atoms with Crippen molar-refractivity contribution < 1.29 is 4.79 Å². The van der Waals surface area contributed by atoms with Gasteiger partial charge in [-0.2, -0.15) is 0 Å². The highest BCUT2D eigenvalue weighted by Gasteiger charge is 2.41. The summed E-state index contributed by atoms with van der Waals surface area (Å²) >= 11 is 1.87. The molecule has 1 spiro atoms. The zero-order chi connectivity index (χ0) is 8.60. The fourth-order valence-corrected chi connectivity index (χ4v) is 3.54. The fraction of sp³-hybridized carbons (Fsp3) is 0.889. The molecule has 0 atom stereocenters. The first-order valence-corrected chi connectivity index (χ1v) is 5.60. The molecule has 1 aliphatic heterocycles. The highest BCUT2D eigenvalue weighted by molar-refractivity contribution is 8.01. The van der Waals surface area contributed by atoms with E-state index in [-0.39, 0.29) is 0 Å². The Labute approximate surface area is 77.3 Å². The zero-order valence-corrected chi connectivity index (χ0v) is 8.03. The fourth-order valence-electron chi connectivity index (χ4n) is 2.18. The van der Waals surface area contributed by atoms with Crippen molar-refractivity contribution in [2.75, 3.05) is 5.75 Å². The van der Waals surface area contributed by atoms with E-state index in [1.165, 1.54) is 0 Å². The van der Waals surface area contributed by atoms with Crippen LogP contribution < -0.4 is 5.73 Å². The molecule has 0 amide bonds. The molecule has 1 saturated heterocycles. The van der Waals surface area contributed by atoms with Gasteiger partial charge in [-0.3, -0.25) is 4.79 Å². The summed E-state index contributed by atoms with van der Waals surface area (Å²) in [5, 5.41) is 0. The Bertz CT molecular complexity index is 197. The van der Waals surface area contributed by atoms with E-state index in [1.54, 1.807) is 0 Å². The van der Waals surface area contributed by atoms with E-state index in [2.05, 4.69) is 0 Å². The van der Waals surface area contributed by atoms with Gasteiger partial charge in [0.15, 0.2) is 0 Å². The van der Waals surface area contributed by atoms with Gasteiger partial charge in [0.05, 0.1) is 5.75 Å². The second-order valence-corrected chi connectivity index (χ2v) is 5.47. The first-order chi connectivity index (χ1) is 5.70. The summed E-state index contributed by atoms with van der Waals surface area (Å²) in [6, 6.07) is 0.395. The van der Waals surface area contributed by atoms with Crippen LogP contribution in [0.1, 0.15) is 32.1 Å². The van der Waals surface area contributed by atoms with Crippen LogP contribution in [0.3, 0.4) is 0 Å². The van der Waals surface area contributed by atoms with Gasteiger partial charge in [0.2, 0.25) is 0 Å². The van der Waals surface area contributed by atoms with Gasteiger partial charge in [-0.1, -0.05) is 0 Å². The molecule has 0 radical (unpaired) electrons. The third kappa shape index (κ3) is 1.52. The Kier molecular flexibility index (Phi) is 2.17. The average Bonchev–Trinajstić information content (AvgIpc) is 2.40. The SMILES string of the molecule is NC1CCC2(CC1)CC(=O)CS2. The van der Waals surface area contributed by atoms with Crippen molar-refractivity contribution in [3.63, 3.8) is 0 Å². The molecule has 1 aliphatic carbocycles. The molecule has 1 saturated carbocycles. The van der Waals surface area contributed by atoms with E-state index in [0.717, 1.165) is 37.9 Å². The van der Waals surface area contributed by atoms with Gasteiger partial charge < -0.3 is 5.73 Å². The number of ketones is 1. The lowest BCUT2D eigenvalue weighted by atomic mass is 9.83. The van der Waals surface area contributed by atoms with Crippen LogP contribution in [0.2, 0.25) is 0 Å². The number of Topliss-reactive ketones (excluding diaryl/α,β-unsaturated/α-hetero) is 1. The van der Waals surface area contributed by atoms with Gasteiger partial charge in [-0.15, -0.1) is 11.8 Å². The van der Waals surface area contributed by atoms with Gasteiger partial charge >= 0.3 is 0 Å². The summed E-state index contributed by atoms with van der Waals surface area (Å²) in [5.74, 6) is 1.19. The molecule has 0 unspecified atom stereocenters. The van der Waals surface area contributed by atoms with Gasteiger partial charge in [0.25, 0.3) is 0 Å². The molecule has 1 heterocycles. The Hall–Kier alpha value is -0.0200. The van der Waals surface area contributed by atoms with E-state index in [9.17, 15) is 4.79 Å². The minimum absolute atomic E-state index is 0.312. The van der Waals surface area contributed by atoms with E-state index in [0.29, 0.717) is 16.6 Å². The lowest BCUT2D eigenvalue weighted by Gasteiger charge is -2.34. The number of nitrogens with two attached hydrogens (primary N) is 1. The van der Waals surface area contributed by atoms with Crippen LogP contribution in [0.15, 0.2) is 0 Å². The van der Waals surface area contributed by atoms with E-state index >= 15 is 0 Å². The number of hydrogen-bond donors (Lipinski definition) is 1. The Balaban J connectivity index is 1.99. The van der Waals surface area contributed by atoms with Crippen molar-refractivity contribution in [1.29, 1.82) is 0 Å². The molecular weight excluding hydrogens is 170 g/mol. The number of carbonyl (C=O) groups excluding carboxylic acids is 1. The van der Waals surface area contributed by atoms with Crippen molar-refractivity contribution in [2.24, 2.45) is 5.73 Å². The molecule has 0 aromatic heterocycles. The summed E-state index contributed by atoms with van der Waals surface area (Å²) in [4.78, 5) is 11.1. The van der Waals surface area contributed by atoms with Crippen molar-refractivity contribution in [3.05, 3.63) is 0 Å². The summed E-state index contributed by atoms with van der Waals surface area (Å²) in [6.45, 7) is 0. The minimum Gasteiger partial charge on any atom is -0.328 e. The third-order valence-corrected chi connectivity index (χ3v) is 4.63. The number of carbonyl (C=O) groups is 1. The van der Waals surface area contributed by atoms with E-state index in [1.807, 2.05) is 11.8 Å². The third-order valence-electron chi connectivity index (χ3n) is 3.00. The number of hydrogen-bond acceptors (Lipinski definition) is 3. The van der Waals surface area contributed by atoms with Gasteiger partial charge in [-0.25, -0.2) is 0 Å². The lowest BCUT2D eigenvalue weighted by Crippen LogP contribution is -2.35. The van der Waals surface area contributed by atoms with Gasteiger partial charge in [-0.05, 0) is 25.7 Å². The summed E-state index contributed by atoms with van der Waals surface area (Å²) in [6.07, 6.45) is 5.35. The largest absolute Gasteiger partial charge is 0.328 e. The van der Waals surface area contributed by atoms with Crippen LogP contribution >= 0.6 is 11.8 Å². The zero-order valence-electron chi connectivity index (χ0n) is 7.21. The van der Waals surface area contributed by atoms with Crippen LogP contribution in [0.4, 0.5) is 0 Å². The smallest absolute Gasteiger partial charge is 0.144 e. The Morgan fingerprint density at radius 3 is 2.58 bits per heavy atom. The van der Waals surface area contributed by atoms with Crippen LogP contribution in [0.5, 0.6) is 0 Å². The van der Waals surface area contributed by atoms with Gasteiger partial charge in [0, 0.05) is 17.2 Å². The highest BCUT2D eigenvalue weighted by atomic mass is 32.2. The maximum absolute atomic E-state index is 11.1. The number of thioether (sulfide) groups is 1. The second kappa shape index (κ2) is 3.04. The molecule has 2 nitrogen and oxygen atoms in total. The molecule has 2 fully saturated rings. The molecule has 2 aliphatic rings. The number of rotatable bonds is 0. The molecule has 3 heteroatoms. The monoisotopic (exact) mass is 185 g/mol. The predicted octanol–water partition coefficient (Wildman–Crippen LogP) is 1.33. The highest BCUT2D eigenvalue weighted by Crippen LogP contribution is 2.46. The van der Waals surface area contributed by atoms with Crippen molar-refractivity contribution in [2.45, 2.75) is 42.9 Å². The van der Waals surface area contributed by atoms with Crippen LogP contribution in [0, 0.1) is 0 Å². The normalized spacial score (nSPS) is 42.4. The standard InChI is InChI=1S/C9H15NOS/c10-7-1-3-9(4-2-7)5-8(11)6-12-9/h7H,1-6,10H2. The summed E-state index contributed by atoms with van der Waals surface area (Å²) in [7, 11) is 0. The maximum atomic E-state index is 11.1. The lowest BCUT2D eigenvalue weighted by molar-refractivity contribution is -0.116. The molecule has 2 rings (SSSR count). The molecule has 2 N–H and O–H groups in total. The maximum Gasteiger partial charge on any atom is 0.144 e. The van der Waals surface area contributed by atoms with Crippen molar-refractivity contribution >= 4 is 17.5 Å². The van der Waals surface area contributed by atoms with Crippen LogP contribution in [-0.2, 0) is 4.79 Å². The summed E-state index contributed by atoms with van der Waals surface area (Å²) < 4.78 is 0.312. The minimum atomic E-state index is 0.312. The Morgan fingerprint density at radius 1 is 1.42 bits per heavy atom. The molecule has 0 bridgehead atoms. The molecule has 0 aromatic carbocycles. The second-order valence-electron chi connectivity index (χ2n) is 4.02. The van der Waals surface area contributed by atoms with Crippen molar-refractivity contribution in [1.82, 2.24) is 0 Å². The van der Waals surface area contributed by atoms with E-state index < -0.39 is 0 Å². The topological polar surface area (TPSA) is 43.1 Å². The average molecular weight is 185 g/mol. The molecule has 68 valence electrons.